The van der Waals surface area contributed by atoms with Gasteiger partial charge >= 0.3 is 0 Å². The molecule has 4 rings (SSSR count). The first-order valence-corrected chi connectivity index (χ1v) is 9.57. The first kappa shape index (κ1) is 19.0. The topological polar surface area (TPSA) is 109 Å². The fourth-order valence-electron chi connectivity index (χ4n) is 3.10. The summed E-state index contributed by atoms with van der Waals surface area (Å²) in [5.41, 5.74) is 3.03. The molecule has 0 spiro atoms. The van der Waals surface area contributed by atoms with E-state index < -0.39 is 0 Å². The molecular formula is C23H19N7. The molecule has 0 saturated heterocycles. The van der Waals surface area contributed by atoms with Crippen LogP contribution in [0, 0.1) is 22.7 Å². The fraction of sp³-hybridized carbons (Fsp3) is 0.130. The summed E-state index contributed by atoms with van der Waals surface area (Å²) in [5, 5.41) is 28.7. The molecule has 146 valence electrons. The number of dihydropyridines is 1. The first-order valence-electron chi connectivity index (χ1n) is 9.57. The van der Waals surface area contributed by atoms with Crippen molar-refractivity contribution in [1.82, 2.24) is 20.6 Å². The minimum absolute atomic E-state index is 0.535. The molecule has 1 aromatic heterocycles. The van der Waals surface area contributed by atoms with E-state index in [9.17, 15) is 0 Å². The lowest BCUT2D eigenvalue weighted by Gasteiger charge is -2.16. The summed E-state index contributed by atoms with van der Waals surface area (Å²) in [7, 11) is 0. The summed E-state index contributed by atoms with van der Waals surface area (Å²) in [5.74, 6) is 2.26. The number of benzene rings is 2. The van der Waals surface area contributed by atoms with E-state index in [1.807, 2.05) is 48.6 Å². The largest absolute Gasteiger partial charge is 0.370 e. The Balaban J connectivity index is 1.50. The highest BCUT2D eigenvalue weighted by atomic mass is 15.1. The number of nitriles is 2. The van der Waals surface area contributed by atoms with E-state index >= 15 is 0 Å². The molecule has 0 aliphatic carbocycles. The predicted octanol–water partition coefficient (Wildman–Crippen LogP) is 3.06. The highest BCUT2D eigenvalue weighted by molar-refractivity contribution is 5.90. The normalized spacial score (nSPS) is 12.7. The molecule has 0 unspecified atom stereocenters. The second-order valence-corrected chi connectivity index (χ2v) is 6.69. The molecule has 0 bridgehead atoms. The molecule has 0 fully saturated rings. The number of para-hydroxylation sites is 1. The third-order valence-electron chi connectivity index (χ3n) is 4.67. The highest BCUT2D eigenvalue weighted by Gasteiger charge is 2.09. The summed E-state index contributed by atoms with van der Waals surface area (Å²) in [6, 6.07) is 19.4. The van der Waals surface area contributed by atoms with Gasteiger partial charge in [-0.2, -0.15) is 10.5 Å². The summed E-state index contributed by atoms with van der Waals surface area (Å²) in [4.78, 5) is 9.40. The first-order chi connectivity index (χ1) is 14.8. The van der Waals surface area contributed by atoms with Gasteiger partial charge in [0.1, 0.15) is 5.82 Å². The van der Waals surface area contributed by atoms with Crippen molar-refractivity contribution in [2.24, 2.45) is 0 Å². The van der Waals surface area contributed by atoms with E-state index in [2.05, 4.69) is 33.1 Å². The number of allylic oxidation sites excluding steroid dienone is 2. The van der Waals surface area contributed by atoms with Gasteiger partial charge in [-0.3, -0.25) is 0 Å². The van der Waals surface area contributed by atoms with Crippen molar-refractivity contribution in [3.8, 4) is 23.5 Å². The van der Waals surface area contributed by atoms with Gasteiger partial charge in [0.15, 0.2) is 5.82 Å². The van der Waals surface area contributed by atoms with Crippen molar-refractivity contribution in [3.05, 3.63) is 77.6 Å². The lowest BCUT2D eigenvalue weighted by molar-refractivity contribution is 0.711. The Bertz CT molecular complexity index is 1210. The van der Waals surface area contributed by atoms with Gasteiger partial charge in [0, 0.05) is 29.6 Å². The number of rotatable bonds is 6. The molecule has 0 atom stereocenters. The zero-order chi connectivity index (χ0) is 20.8. The molecule has 2 heterocycles. The summed E-state index contributed by atoms with van der Waals surface area (Å²) >= 11 is 0. The van der Waals surface area contributed by atoms with E-state index in [1.165, 1.54) is 0 Å². The quantitative estimate of drug-likeness (QED) is 0.552. The average molecular weight is 393 g/mol. The molecule has 7 heteroatoms. The number of hydrogen-bond acceptors (Lipinski definition) is 7. The molecule has 0 radical (unpaired) electrons. The molecule has 3 aromatic rings. The van der Waals surface area contributed by atoms with Gasteiger partial charge in [-0.05, 0) is 48.6 Å². The maximum atomic E-state index is 9.00. The minimum Gasteiger partial charge on any atom is -0.370 e. The van der Waals surface area contributed by atoms with Gasteiger partial charge in [0.2, 0.25) is 0 Å². The Hall–Kier alpha value is -4.36. The van der Waals surface area contributed by atoms with Gasteiger partial charge in [-0.1, -0.05) is 12.1 Å². The van der Waals surface area contributed by atoms with E-state index in [4.69, 9.17) is 15.5 Å². The van der Waals surface area contributed by atoms with Gasteiger partial charge in [0.25, 0.3) is 0 Å². The van der Waals surface area contributed by atoms with Crippen LogP contribution >= 0.6 is 0 Å². The van der Waals surface area contributed by atoms with Crippen LogP contribution in [0.4, 0.5) is 5.82 Å². The second-order valence-electron chi connectivity index (χ2n) is 6.69. The van der Waals surface area contributed by atoms with Crippen LogP contribution in [-0.2, 0) is 0 Å². The molecular weight excluding hydrogens is 374 g/mol. The van der Waals surface area contributed by atoms with Gasteiger partial charge < -0.3 is 16.0 Å². The molecule has 2 aromatic carbocycles. The molecule has 0 saturated carbocycles. The van der Waals surface area contributed by atoms with Gasteiger partial charge in [-0.25, -0.2) is 9.97 Å². The van der Waals surface area contributed by atoms with E-state index in [0.29, 0.717) is 36.6 Å². The van der Waals surface area contributed by atoms with Crippen molar-refractivity contribution in [3.63, 3.8) is 0 Å². The van der Waals surface area contributed by atoms with Gasteiger partial charge in [0.05, 0.1) is 35.6 Å². The Morgan fingerprint density at radius 2 is 1.70 bits per heavy atom. The smallest absolute Gasteiger partial charge is 0.162 e. The standard InChI is InChI=1S/C23H19N7/c24-13-16-5-8-18(9-6-16)22-29-20-4-2-1-3-19(20)23(30-22)27-12-11-26-21-10-7-17(14-25)15-28-21/h1-10,26,28H,11-12,15H2,(H,27,29,30). The SMILES string of the molecule is N#CC1=CC=C(NCCNc2nc(-c3ccc(C#N)cc3)nc3ccccc23)NC1. The van der Waals surface area contributed by atoms with Crippen LogP contribution in [0.1, 0.15) is 5.56 Å². The molecule has 3 N–H and O–H groups in total. The number of nitrogens with one attached hydrogen (secondary N) is 3. The van der Waals surface area contributed by atoms with Crippen LogP contribution in [0.2, 0.25) is 0 Å². The van der Waals surface area contributed by atoms with Crippen LogP contribution in [0.15, 0.2) is 72.1 Å². The Kier molecular flexibility index (Phi) is 5.54. The maximum Gasteiger partial charge on any atom is 0.162 e. The lowest BCUT2D eigenvalue weighted by Crippen LogP contribution is -2.32. The predicted molar refractivity (Wildman–Crippen MR) is 116 cm³/mol. The highest BCUT2D eigenvalue weighted by Crippen LogP contribution is 2.25. The number of nitrogens with zero attached hydrogens (tertiary/aromatic N) is 4. The number of aromatic nitrogens is 2. The average Bonchev–Trinajstić information content (AvgIpc) is 2.82. The van der Waals surface area contributed by atoms with Crippen LogP contribution in [-0.4, -0.2) is 29.6 Å². The molecule has 7 nitrogen and oxygen atoms in total. The second kappa shape index (κ2) is 8.76. The van der Waals surface area contributed by atoms with Crippen molar-refractivity contribution in [2.45, 2.75) is 0 Å². The maximum absolute atomic E-state index is 9.00. The Morgan fingerprint density at radius 1 is 0.900 bits per heavy atom. The molecule has 0 amide bonds. The zero-order valence-corrected chi connectivity index (χ0v) is 16.2. The zero-order valence-electron chi connectivity index (χ0n) is 16.2. The summed E-state index contributed by atoms with van der Waals surface area (Å²) in [6.07, 6.45) is 3.68. The molecule has 1 aliphatic heterocycles. The van der Waals surface area contributed by atoms with Crippen molar-refractivity contribution >= 4 is 16.7 Å². The summed E-state index contributed by atoms with van der Waals surface area (Å²) < 4.78 is 0. The van der Waals surface area contributed by atoms with Crippen LogP contribution in [0.5, 0.6) is 0 Å². The van der Waals surface area contributed by atoms with E-state index in [-0.39, 0.29) is 0 Å². The van der Waals surface area contributed by atoms with Crippen LogP contribution in [0.3, 0.4) is 0 Å². The minimum atomic E-state index is 0.535. The third kappa shape index (κ3) is 4.21. The lowest BCUT2D eigenvalue weighted by atomic mass is 10.1. The number of hydrogen-bond donors (Lipinski definition) is 3. The van der Waals surface area contributed by atoms with Gasteiger partial charge in [-0.15, -0.1) is 0 Å². The van der Waals surface area contributed by atoms with Crippen molar-refractivity contribution in [1.29, 1.82) is 10.5 Å². The van der Waals surface area contributed by atoms with Crippen molar-refractivity contribution in [2.75, 3.05) is 25.0 Å². The third-order valence-corrected chi connectivity index (χ3v) is 4.67. The molecule has 1 aliphatic rings. The van der Waals surface area contributed by atoms with E-state index in [1.54, 1.807) is 12.1 Å². The fourth-order valence-corrected chi connectivity index (χ4v) is 3.10. The Labute approximate surface area is 174 Å². The van der Waals surface area contributed by atoms with E-state index in [0.717, 1.165) is 28.1 Å². The van der Waals surface area contributed by atoms with Crippen LogP contribution in [0.25, 0.3) is 22.3 Å². The van der Waals surface area contributed by atoms with Crippen LogP contribution < -0.4 is 16.0 Å². The number of anilines is 1. The monoisotopic (exact) mass is 393 g/mol. The Morgan fingerprint density at radius 3 is 2.43 bits per heavy atom. The molecule has 30 heavy (non-hydrogen) atoms. The number of fused-ring (bicyclic) bond motifs is 1. The van der Waals surface area contributed by atoms with Crippen molar-refractivity contribution < 1.29 is 0 Å². The summed E-state index contributed by atoms with van der Waals surface area (Å²) in [6.45, 7) is 1.87.